The molecule has 0 saturated carbocycles. The van der Waals surface area contributed by atoms with Crippen molar-refractivity contribution in [2.45, 2.75) is 46.8 Å². The number of carbonyl (C=O) groups excluding carboxylic acids is 1. The average Bonchev–Trinajstić information content (AvgIpc) is 3.42. The summed E-state index contributed by atoms with van der Waals surface area (Å²) in [4.78, 5) is 19.6. The lowest BCUT2D eigenvalue weighted by molar-refractivity contribution is 0.0916. The molecule has 1 aromatic carbocycles. The van der Waals surface area contributed by atoms with Gasteiger partial charge in [0.2, 0.25) is 0 Å². The predicted molar refractivity (Wildman–Crippen MR) is 139 cm³/mol. The number of halogens is 1. The van der Waals surface area contributed by atoms with Gasteiger partial charge in [0, 0.05) is 29.3 Å². The average molecular weight is 500 g/mol. The molecule has 0 aliphatic rings. The number of fused-ring (bicyclic) bond motifs is 1. The number of ether oxygens (including phenoxy) is 1. The zero-order chi connectivity index (χ0) is 23.5. The van der Waals surface area contributed by atoms with E-state index in [-0.39, 0.29) is 26.0 Å². The van der Waals surface area contributed by atoms with E-state index in [9.17, 15) is 9.90 Å². The number of nitrogens with one attached hydrogen (secondary N) is 1. The summed E-state index contributed by atoms with van der Waals surface area (Å²) in [6, 6.07) is 12.6. The molecule has 8 heteroatoms. The first kappa shape index (κ1) is 25.7. The van der Waals surface area contributed by atoms with E-state index in [4.69, 9.17) is 21.3 Å². The number of benzene rings is 1. The van der Waals surface area contributed by atoms with E-state index in [0.29, 0.717) is 22.8 Å². The van der Waals surface area contributed by atoms with Crippen molar-refractivity contribution in [1.29, 1.82) is 0 Å². The molecule has 0 radical (unpaired) electrons. The fourth-order valence-electron chi connectivity index (χ4n) is 3.56. The summed E-state index contributed by atoms with van der Waals surface area (Å²) in [7, 11) is 0. The Balaban J connectivity index is 0.00000324. The summed E-state index contributed by atoms with van der Waals surface area (Å²) in [5.41, 5.74) is 3.38. The zero-order valence-electron chi connectivity index (χ0n) is 18.7. The van der Waals surface area contributed by atoms with Crippen LogP contribution in [0.2, 0.25) is 5.02 Å². The van der Waals surface area contributed by atoms with Crippen LogP contribution < -0.4 is 10.1 Å². The molecule has 1 amide bonds. The van der Waals surface area contributed by atoms with Crippen LogP contribution in [0.25, 0.3) is 16.2 Å². The Morgan fingerprint density at radius 3 is 2.74 bits per heavy atom. The van der Waals surface area contributed by atoms with Gasteiger partial charge in [-0.05, 0) is 62.7 Å². The Morgan fingerprint density at radius 1 is 1.26 bits per heavy atom. The molecule has 4 rings (SSSR count). The van der Waals surface area contributed by atoms with Gasteiger partial charge in [-0.3, -0.25) is 4.79 Å². The van der Waals surface area contributed by atoms with Crippen molar-refractivity contribution in [3.05, 3.63) is 75.9 Å². The summed E-state index contributed by atoms with van der Waals surface area (Å²) in [5.74, 6) is 0.245. The highest BCUT2D eigenvalue weighted by molar-refractivity contribution is 7.15. The van der Waals surface area contributed by atoms with Gasteiger partial charge < -0.3 is 19.6 Å². The van der Waals surface area contributed by atoms with Gasteiger partial charge in [-0.25, -0.2) is 4.98 Å². The lowest BCUT2D eigenvalue weighted by Crippen LogP contribution is -2.38. The number of imidazole rings is 1. The third-order valence-corrected chi connectivity index (χ3v) is 6.58. The van der Waals surface area contributed by atoms with Crippen LogP contribution in [0.15, 0.2) is 54.9 Å². The van der Waals surface area contributed by atoms with E-state index in [1.54, 1.807) is 29.5 Å². The molecule has 3 heterocycles. The van der Waals surface area contributed by atoms with Crippen LogP contribution in [-0.4, -0.2) is 39.2 Å². The number of aliphatic hydroxyl groups is 1. The van der Waals surface area contributed by atoms with E-state index < -0.39 is 6.04 Å². The fraction of sp³-hybridized carbons (Fsp3) is 0.308. The molecule has 6 nitrogen and oxygen atoms in total. The molecule has 0 bridgehead atoms. The molecule has 3 aromatic heterocycles. The number of amides is 1. The molecule has 0 unspecified atom stereocenters. The first-order valence-corrected chi connectivity index (χ1v) is 11.9. The van der Waals surface area contributed by atoms with Gasteiger partial charge in [0.1, 0.15) is 11.4 Å². The number of hydrogen-bond donors (Lipinski definition) is 2. The van der Waals surface area contributed by atoms with Crippen LogP contribution in [0.5, 0.6) is 5.75 Å². The maximum atomic E-state index is 12.7. The van der Waals surface area contributed by atoms with E-state index in [0.717, 1.165) is 26.7 Å². The van der Waals surface area contributed by atoms with Crippen LogP contribution >= 0.6 is 22.9 Å². The molecule has 0 fully saturated rings. The Labute approximate surface area is 209 Å². The van der Waals surface area contributed by atoms with Crippen molar-refractivity contribution >= 4 is 34.5 Å². The molecular weight excluding hydrogens is 470 g/mol. The quantitative estimate of drug-likeness (QED) is 0.322. The van der Waals surface area contributed by atoms with E-state index in [1.807, 2.05) is 61.8 Å². The van der Waals surface area contributed by atoms with Gasteiger partial charge in [-0.2, -0.15) is 0 Å². The summed E-state index contributed by atoms with van der Waals surface area (Å²) >= 11 is 7.87. The molecule has 34 heavy (non-hydrogen) atoms. The number of carbonyl (C=O) groups is 1. The first-order chi connectivity index (χ1) is 15.8. The lowest BCUT2D eigenvalue weighted by atomic mass is 10.1. The summed E-state index contributed by atoms with van der Waals surface area (Å²) in [6.45, 7) is 5.69. The van der Waals surface area contributed by atoms with Crippen LogP contribution in [0, 0.1) is 6.92 Å². The second kappa shape index (κ2) is 11.0. The number of hydrogen-bond acceptors (Lipinski definition) is 5. The number of nitrogens with zero attached hydrogens (tertiary/aromatic N) is 2. The van der Waals surface area contributed by atoms with Crippen molar-refractivity contribution in [2.75, 3.05) is 6.61 Å². The van der Waals surface area contributed by atoms with Crippen LogP contribution in [-0.2, 0) is 6.42 Å². The third-order valence-electron chi connectivity index (χ3n) is 5.15. The summed E-state index contributed by atoms with van der Waals surface area (Å²) in [5, 5.41) is 13.1. The molecule has 0 aliphatic carbocycles. The molecule has 0 saturated heterocycles. The van der Waals surface area contributed by atoms with Crippen LogP contribution in [0.4, 0.5) is 0 Å². The van der Waals surface area contributed by atoms with Crippen molar-refractivity contribution in [1.82, 2.24) is 14.7 Å². The monoisotopic (exact) mass is 499 g/mol. The second-order valence-electron chi connectivity index (χ2n) is 8.18. The third kappa shape index (κ3) is 5.78. The van der Waals surface area contributed by atoms with Crippen LogP contribution in [0.1, 0.15) is 42.1 Å². The molecule has 4 aromatic rings. The largest absolute Gasteiger partial charge is 0.489 e. The van der Waals surface area contributed by atoms with Gasteiger partial charge in [0.05, 0.1) is 34.3 Å². The maximum absolute atomic E-state index is 12.7. The van der Waals surface area contributed by atoms with E-state index in [1.165, 1.54) is 0 Å². The Hall–Kier alpha value is -2.87. The fourth-order valence-corrected chi connectivity index (χ4v) is 4.83. The van der Waals surface area contributed by atoms with Gasteiger partial charge >= 0.3 is 0 Å². The Kier molecular flexibility index (Phi) is 8.36. The van der Waals surface area contributed by atoms with Crippen molar-refractivity contribution in [3.8, 4) is 16.3 Å². The number of aliphatic hydroxyl groups excluding tert-OH is 1. The normalized spacial score (nSPS) is 11.9. The lowest BCUT2D eigenvalue weighted by Gasteiger charge is -2.16. The van der Waals surface area contributed by atoms with Crippen molar-refractivity contribution in [3.63, 3.8) is 0 Å². The molecule has 2 N–H and O–H groups in total. The first-order valence-electron chi connectivity index (χ1n) is 10.8. The minimum atomic E-state index is -0.419. The topological polar surface area (TPSA) is 75.9 Å². The number of aryl methyl sites for hydroxylation is 1. The second-order valence-corrected chi connectivity index (χ2v) is 9.76. The Bertz CT molecular complexity index is 1280. The van der Waals surface area contributed by atoms with Crippen molar-refractivity contribution in [2.24, 2.45) is 0 Å². The summed E-state index contributed by atoms with van der Waals surface area (Å²) < 4.78 is 7.63. The molecule has 0 spiro atoms. The minimum Gasteiger partial charge on any atom is -0.489 e. The number of pyridine rings is 1. The number of aromatic nitrogens is 2. The maximum Gasteiger partial charge on any atom is 0.251 e. The van der Waals surface area contributed by atoms with Crippen LogP contribution in [0.3, 0.4) is 0 Å². The highest BCUT2D eigenvalue weighted by Gasteiger charge is 2.17. The SMILES string of the molecule is C.Cc1cccn2cc(-c3ccc(C[C@@H](CO)NC(=O)c4ccc(OC(C)C)c(Cl)c4)s3)nc12. The summed E-state index contributed by atoms with van der Waals surface area (Å²) in [6.07, 6.45) is 4.50. The highest BCUT2D eigenvalue weighted by Crippen LogP contribution is 2.29. The van der Waals surface area contributed by atoms with Gasteiger partial charge in [-0.1, -0.05) is 25.1 Å². The van der Waals surface area contributed by atoms with E-state index >= 15 is 0 Å². The highest BCUT2D eigenvalue weighted by atomic mass is 35.5. The molecule has 1 atom stereocenters. The van der Waals surface area contributed by atoms with Crippen molar-refractivity contribution < 1.29 is 14.6 Å². The van der Waals surface area contributed by atoms with Gasteiger partial charge in [0.15, 0.2) is 0 Å². The molecule has 0 aliphatic heterocycles. The minimum absolute atomic E-state index is 0. The molecule has 180 valence electrons. The number of rotatable bonds is 8. The molecular formula is C26H30ClN3O3S. The Morgan fingerprint density at radius 2 is 2.06 bits per heavy atom. The smallest absolute Gasteiger partial charge is 0.251 e. The van der Waals surface area contributed by atoms with Gasteiger partial charge in [0.25, 0.3) is 5.91 Å². The predicted octanol–water partition coefficient (Wildman–Crippen LogP) is 5.78. The van der Waals surface area contributed by atoms with Gasteiger partial charge in [-0.15, -0.1) is 11.3 Å². The van der Waals surface area contributed by atoms with E-state index in [2.05, 4.69) is 5.32 Å². The number of thiophene rings is 1. The standard InChI is InChI=1S/C25H26ClN3O3S.CH4/c1-15(2)32-22-8-6-17(11-20(22)26)25(31)27-18(14-30)12-19-7-9-23(33-19)21-13-29-10-4-5-16(3)24(29)28-21;/h4-11,13,15,18,30H,12,14H2,1-3H3,(H,27,31);1H4/t18-;/m0./s1. The zero-order valence-corrected chi connectivity index (χ0v) is 20.3.